The summed E-state index contributed by atoms with van der Waals surface area (Å²) in [6.07, 6.45) is 1.94. The summed E-state index contributed by atoms with van der Waals surface area (Å²) < 4.78 is 10.6. The van der Waals surface area contributed by atoms with Crippen LogP contribution in [0.25, 0.3) is 0 Å². The molecular weight excluding hydrogens is 292 g/mol. The largest absolute Gasteiger partial charge is 0.379 e. The van der Waals surface area contributed by atoms with Crippen molar-refractivity contribution in [1.29, 1.82) is 0 Å². The molecule has 2 aliphatic heterocycles. The predicted molar refractivity (Wildman–Crippen MR) is 88.3 cm³/mol. The summed E-state index contributed by atoms with van der Waals surface area (Å²) >= 11 is 0. The Morgan fingerprint density at radius 1 is 1.22 bits per heavy atom. The van der Waals surface area contributed by atoms with Crippen LogP contribution < -0.4 is 0 Å². The second-order valence-electron chi connectivity index (χ2n) is 6.28. The third-order valence-electron chi connectivity index (χ3n) is 4.90. The zero-order valence-corrected chi connectivity index (χ0v) is 13.8. The van der Waals surface area contributed by atoms with Crippen molar-refractivity contribution in [2.75, 3.05) is 46.6 Å². The van der Waals surface area contributed by atoms with Crippen LogP contribution in [0.2, 0.25) is 0 Å². The molecule has 0 radical (unpaired) electrons. The Labute approximate surface area is 138 Å². The molecule has 0 aromatic heterocycles. The number of rotatable bonds is 5. The van der Waals surface area contributed by atoms with Crippen LogP contribution in [-0.4, -0.2) is 74.4 Å². The van der Waals surface area contributed by atoms with Crippen LogP contribution in [0.15, 0.2) is 30.3 Å². The number of carbonyl (C=O) groups is 1. The van der Waals surface area contributed by atoms with Gasteiger partial charge in [0.05, 0.1) is 19.3 Å². The first-order chi connectivity index (χ1) is 11.3. The molecule has 2 aliphatic rings. The van der Waals surface area contributed by atoms with Gasteiger partial charge in [0.2, 0.25) is 5.91 Å². The molecule has 0 spiro atoms. The maximum atomic E-state index is 12.4. The number of amides is 1. The number of carbonyl (C=O) groups excluding carboxylic acids is 1. The minimum atomic E-state index is 0.101. The molecule has 2 saturated heterocycles. The van der Waals surface area contributed by atoms with E-state index in [9.17, 15) is 4.79 Å². The van der Waals surface area contributed by atoms with Gasteiger partial charge in [0.1, 0.15) is 6.61 Å². The highest BCUT2D eigenvalue weighted by atomic mass is 16.5. The Kier molecular flexibility index (Phi) is 5.65. The molecule has 1 aromatic rings. The lowest BCUT2D eigenvalue weighted by Gasteiger charge is -2.37. The van der Waals surface area contributed by atoms with E-state index >= 15 is 0 Å². The van der Waals surface area contributed by atoms with Gasteiger partial charge in [-0.25, -0.2) is 0 Å². The normalized spacial score (nSPS) is 25.7. The number of ether oxygens (including phenoxy) is 2. The van der Waals surface area contributed by atoms with Gasteiger partial charge in [0.25, 0.3) is 0 Å². The lowest BCUT2D eigenvalue weighted by molar-refractivity contribution is -0.136. The van der Waals surface area contributed by atoms with Crippen molar-refractivity contribution in [2.45, 2.75) is 24.9 Å². The van der Waals surface area contributed by atoms with E-state index in [1.165, 1.54) is 5.56 Å². The molecule has 2 heterocycles. The minimum Gasteiger partial charge on any atom is -0.379 e. The Morgan fingerprint density at radius 3 is 2.65 bits per heavy atom. The summed E-state index contributed by atoms with van der Waals surface area (Å²) in [6.45, 7) is 4.49. The van der Waals surface area contributed by atoms with Gasteiger partial charge in [-0.1, -0.05) is 30.3 Å². The fraction of sp³-hybridized carbons (Fsp3) is 0.611. The fourth-order valence-electron chi connectivity index (χ4n) is 3.79. The Morgan fingerprint density at radius 2 is 1.96 bits per heavy atom. The van der Waals surface area contributed by atoms with Crippen molar-refractivity contribution in [3.05, 3.63) is 35.9 Å². The maximum Gasteiger partial charge on any atom is 0.248 e. The number of methoxy groups -OCH3 is 1. The Bertz CT molecular complexity index is 502. The Hall–Kier alpha value is -1.43. The molecule has 0 N–H and O–H groups in total. The molecule has 0 unspecified atom stereocenters. The minimum absolute atomic E-state index is 0.101. The second-order valence-corrected chi connectivity index (χ2v) is 6.28. The highest BCUT2D eigenvalue weighted by Gasteiger charge is 2.40. The first-order valence-electron chi connectivity index (χ1n) is 8.43. The zero-order chi connectivity index (χ0) is 16.1. The average Bonchev–Trinajstić information content (AvgIpc) is 3.00. The van der Waals surface area contributed by atoms with Gasteiger partial charge in [-0.15, -0.1) is 0 Å². The van der Waals surface area contributed by atoms with E-state index in [0.717, 1.165) is 45.7 Å². The Balaban J connectivity index is 1.76. The molecule has 23 heavy (non-hydrogen) atoms. The van der Waals surface area contributed by atoms with Crippen molar-refractivity contribution in [3.8, 4) is 0 Å². The van der Waals surface area contributed by atoms with Crippen LogP contribution in [0.4, 0.5) is 0 Å². The van der Waals surface area contributed by atoms with Crippen molar-refractivity contribution in [3.63, 3.8) is 0 Å². The number of hydrogen-bond acceptors (Lipinski definition) is 4. The van der Waals surface area contributed by atoms with E-state index in [2.05, 4.69) is 29.2 Å². The molecular formula is C18H26N2O3. The summed E-state index contributed by atoms with van der Waals surface area (Å²) in [6, 6.07) is 11.1. The third-order valence-corrected chi connectivity index (χ3v) is 4.90. The summed E-state index contributed by atoms with van der Waals surface area (Å²) in [4.78, 5) is 17.0. The lowest BCUT2D eigenvalue weighted by Crippen LogP contribution is -2.51. The van der Waals surface area contributed by atoms with Crippen molar-refractivity contribution >= 4 is 5.91 Å². The molecule has 1 amide bonds. The van der Waals surface area contributed by atoms with Gasteiger partial charge in [-0.3, -0.25) is 9.69 Å². The molecule has 126 valence electrons. The fourth-order valence-corrected chi connectivity index (χ4v) is 3.79. The lowest BCUT2D eigenvalue weighted by atomic mass is 9.98. The monoisotopic (exact) mass is 318 g/mol. The maximum absolute atomic E-state index is 12.4. The van der Waals surface area contributed by atoms with Crippen LogP contribution in [-0.2, 0) is 20.7 Å². The smallest absolute Gasteiger partial charge is 0.248 e. The van der Waals surface area contributed by atoms with Crippen LogP contribution in [0.3, 0.4) is 0 Å². The van der Waals surface area contributed by atoms with E-state index in [1.54, 1.807) is 7.11 Å². The van der Waals surface area contributed by atoms with Crippen molar-refractivity contribution < 1.29 is 14.3 Å². The third kappa shape index (κ3) is 3.91. The second kappa shape index (κ2) is 7.90. The number of hydrogen-bond donors (Lipinski definition) is 0. The van der Waals surface area contributed by atoms with Gasteiger partial charge >= 0.3 is 0 Å². The summed E-state index contributed by atoms with van der Waals surface area (Å²) in [5, 5.41) is 0. The molecule has 5 nitrogen and oxygen atoms in total. The van der Waals surface area contributed by atoms with Crippen molar-refractivity contribution in [1.82, 2.24) is 9.80 Å². The first-order valence-corrected chi connectivity index (χ1v) is 8.43. The summed E-state index contributed by atoms with van der Waals surface area (Å²) in [5.41, 5.74) is 1.29. The van der Waals surface area contributed by atoms with Crippen LogP contribution in [0.5, 0.6) is 0 Å². The molecule has 2 atom stereocenters. The zero-order valence-electron chi connectivity index (χ0n) is 13.8. The number of benzene rings is 1. The molecule has 2 fully saturated rings. The summed E-state index contributed by atoms with van der Waals surface area (Å²) in [7, 11) is 1.58. The molecule has 0 aliphatic carbocycles. The van der Waals surface area contributed by atoms with E-state index in [1.807, 2.05) is 11.0 Å². The molecule has 3 rings (SSSR count). The van der Waals surface area contributed by atoms with Gasteiger partial charge < -0.3 is 14.4 Å². The molecule has 1 aromatic carbocycles. The molecule has 0 saturated carbocycles. The summed E-state index contributed by atoms with van der Waals surface area (Å²) in [5.74, 6) is 0.101. The number of morpholine rings is 1. The van der Waals surface area contributed by atoms with E-state index < -0.39 is 0 Å². The highest BCUT2D eigenvalue weighted by molar-refractivity contribution is 5.78. The highest BCUT2D eigenvalue weighted by Crippen LogP contribution is 2.27. The van der Waals surface area contributed by atoms with Crippen LogP contribution >= 0.6 is 0 Å². The van der Waals surface area contributed by atoms with E-state index in [4.69, 9.17) is 9.47 Å². The molecule has 5 heteroatoms. The van der Waals surface area contributed by atoms with Gasteiger partial charge in [0, 0.05) is 32.8 Å². The van der Waals surface area contributed by atoms with Gasteiger partial charge in [-0.05, 0) is 18.4 Å². The number of likely N-dealkylation sites (tertiary alicyclic amines) is 1. The first kappa shape index (κ1) is 16.4. The predicted octanol–water partition coefficient (Wildman–Crippen LogP) is 1.18. The van der Waals surface area contributed by atoms with Crippen molar-refractivity contribution in [2.24, 2.45) is 0 Å². The number of nitrogens with zero attached hydrogens (tertiary/aromatic N) is 2. The van der Waals surface area contributed by atoms with Crippen LogP contribution in [0, 0.1) is 0 Å². The molecule has 0 bridgehead atoms. The SMILES string of the molecule is COCC(=O)N1CC[C@H](N2CCOCC2)[C@H]1Cc1ccccc1. The van der Waals surface area contributed by atoms with Crippen LogP contribution in [0.1, 0.15) is 12.0 Å². The average molecular weight is 318 g/mol. The van der Waals surface area contributed by atoms with Gasteiger partial charge in [0.15, 0.2) is 0 Å². The quantitative estimate of drug-likeness (QED) is 0.817. The van der Waals surface area contributed by atoms with E-state index in [0.29, 0.717) is 6.04 Å². The topological polar surface area (TPSA) is 42.0 Å². The van der Waals surface area contributed by atoms with Gasteiger partial charge in [-0.2, -0.15) is 0 Å². The standard InChI is InChI=1S/C18H26N2O3/c1-22-14-18(21)20-8-7-16(19-9-11-23-12-10-19)17(20)13-15-5-3-2-4-6-15/h2-6,16-17H,7-14H2,1H3/t16-,17+/m0/s1. The van der Waals surface area contributed by atoms with E-state index in [-0.39, 0.29) is 18.6 Å².